The molecule has 2 heteroatoms. The smallest absolute Gasteiger partial charge is 0.318 e. The molecular formula is C14H16O2. The second kappa shape index (κ2) is 3.34. The molecule has 2 nitrogen and oxygen atoms in total. The van der Waals surface area contributed by atoms with Gasteiger partial charge < -0.3 is 4.74 Å². The molecule has 0 N–H and O–H groups in total. The maximum absolute atomic E-state index is 11.6. The number of para-hydroxylation sites is 1. The lowest BCUT2D eigenvalue weighted by Crippen LogP contribution is -2.06. The Kier molecular flexibility index (Phi) is 2.06. The third-order valence-electron chi connectivity index (χ3n) is 3.92. The minimum absolute atomic E-state index is 0.0960. The normalized spacial score (nSPS) is 25.1. The van der Waals surface area contributed by atoms with Crippen molar-refractivity contribution in [3.05, 3.63) is 29.3 Å². The highest BCUT2D eigenvalue weighted by molar-refractivity contribution is 5.86. The molecule has 1 aliphatic heterocycles. The van der Waals surface area contributed by atoms with Crippen molar-refractivity contribution in [3.63, 3.8) is 0 Å². The van der Waals surface area contributed by atoms with Gasteiger partial charge in [-0.3, -0.25) is 4.79 Å². The molecule has 1 fully saturated rings. The zero-order chi connectivity index (χ0) is 11.3. The minimum atomic E-state index is -0.106. The fourth-order valence-corrected chi connectivity index (χ4v) is 2.56. The molecule has 1 aromatic carbocycles. The molecule has 16 heavy (non-hydrogen) atoms. The summed E-state index contributed by atoms with van der Waals surface area (Å²) in [5.41, 5.74) is 2.28. The fraction of sp³-hybridized carbons (Fsp3) is 0.500. The number of benzene rings is 1. The molecule has 0 aromatic heterocycles. The van der Waals surface area contributed by atoms with Gasteiger partial charge in [0.25, 0.3) is 0 Å². The minimum Gasteiger partial charge on any atom is -0.425 e. The van der Waals surface area contributed by atoms with Crippen LogP contribution in [0.1, 0.15) is 49.7 Å². The summed E-state index contributed by atoms with van der Waals surface area (Å²) in [6.45, 7) is 4.16. The van der Waals surface area contributed by atoms with E-state index in [1.807, 2.05) is 19.1 Å². The molecule has 0 radical (unpaired) electrons. The van der Waals surface area contributed by atoms with Crippen LogP contribution in [-0.2, 0) is 4.79 Å². The van der Waals surface area contributed by atoms with E-state index in [9.17, 15) is 4.79 Å². The molecule has 2 atom stereocenters. The van der Waals surface area contributed by atoms with Crippen LogP contribution in [0.3, 0.4) is 0 Å². The Hall–Kier alpha value is -1.31. The van der Waals surface area contributed by atoms with Gasteiger partial charge in [0.15, 0.2) is 0 Å². The molecule has 0 bridgehead atoms. The topological polar surface area (TPSA) is 26.3 Å². The summed E-state index contributed by atoms with van der Waals surface area (Å²) >= 11 is 0. The maximum atomic E-state index is 11.6. The average molecular weight is 216 g/mol. The number of carbonyl (C=O) groups excluding carboxylic acids is 1. The van der Waals surface area contributed by atoms with E-state index in [0.29, 0.717) is 5.92 Å². The number of esters is 1. The predicted molar refractivity (Wildman–Crippen MR) is 61.6 cm³/mol. The largest absolute Gasteiger partial charge is 0.425 e. The first-order valence-electron chi connectivity index (χ1n) is 6.03. The second-order valence-electron chi connectivity index (χ2n) is 5.03. The van der Waals surface area contributed by atoms with Gasteiger partial charge in [-0.15, -0.1) is 0 Å². The summed E-state index contributed by atoms with van der Waals surface area (Å²) in [5.74, 6) is 1.96. The Morgan fingerprint density at radius 2 is 2.12 bits per heavy atom. The molecule has 2 unspecified atom stereocenters. The predicted octanol–water partition coefficient (Wildman–Crippen LogP) is 3.22. The zero-order valence-corrected chi connectivity index (χ0v) is 9.69. The van der Waals surface area contributed by atoms with Crippen molar-refractivity contribution in [3.8, 4) is 5.75 Å². The van der Waals surface area contributed by atoms with Gasteiger partial charge in [0.05, 0.1) is 5.92 Å². The van der Waals surface area contributed by atoms with E-state index in [1.54, 1.807) is 0 Å². The van der Waals surface area contributed by atoms with Crippen LogP contribution in [0, 0.1) is 5.92 Å². The van der Waals surface area contributed by atoms with Crippen LogP contribution in [0.2, 0.25) is 0 Å². The highest BCUT2D eigenvalue weighted by Gasteiger charge is 2.36. The number of rotatable bonds is 2. The Morgan fingerprint density at radius 1 is 1.38 bits per heavy atom. The van der Waals surface area contributed by atoms with Gasteiger partial charge in [-0.05, 0) is 37.2 Å². The number of carbonyl (C=O) groups is 1. The number of hydrogen-bond acceptors (Lipinski definition) is 2. The van der Waals surface area contributed by atoms with Crippen LogP contribution in [-0.4, -0.2) is 5.97 Å². The third kappa shape index (κ3) is 1.36. The van der Waals surface area contributed by atoms with Crippen LogP contribution in [0.15, 0.2) is 18.2 Å². The molecule has 1 aliphatic carbocycles. The summed E-state index contributed by atoms with van der Waals surface area (Å²) < 4.78 is 5.41. The lowest BCUT2D eigenvalue weighted by Gasteiger charge is -2.13. The molecule has 3 rings (SSSR count). The van der Waals surface area contributed by atoms with Crippen molar-refractivity contribution in [1.29, 1.82) is 0 Å². The lowest BCUT2D eigenvalue weighted by molar-refractivity contribution is -0.133. The summed E-state index contributed by atoms with van der Waals surface area (Å²) in [5, 5.41) is 0. The molecule has 0 amide bonds. The van der Waals surface area contributed by atoms with Gasteiger partial charge in [0, 0.05) is 5.56 Å². The second-order valence-corrected chi connectivity index (χ2v) is 5.03. The molecular weight excluding hydrogens is 200 g/mol. The molecule has 0 spiro atoms. The van der Waals surface area contributed by atoms with Crippen molar-refractivity contribution >= 4 is 5.97 Å². The van der Waals surface area contributed by atoms with Gasteiger partial charge in [-0.25, -0.2) is 0 Å². The van der Waals surface area contributed by atoms with Crippen molar-refractivity contribution in [1.82, 2.24) is 0 Å². The highest BCUT2D eigenvalue weighted by atomic mass is 16.5. The first-order chi connectivity index (χ1) is 7.68. The van der Waals surface area contributed by atoms with E-state index in [1.165, 1.54) is 18.4 Å². The van der Waals surface area contributed by atoms with E-state index >= 15 is 0 Å². The zero-order valence-electron chi connectivity index (χ0n) is 9.69. The van der Waals surface area contributed by atoms with E-state index in [-0.39, 0.29) is 11.9 Å². The fourth-order valence-electron chi connectivity index (χ4n) is 2.56. The van der Waals surface area contributed by atoms with E-state index in [4.69, 9.17) is 4.74 Å². The summed E-state index contributed by atoms with van der Waals surface area (Å²) in [4.78, 5) is 11.6. The van der Waals surface area contributed by atoms with Crippen LogP contribution in [0.5, 0.6) is 5.75 Å². The summed E-state index contributed by atoms with van der Waals surface area (Å²) in [6.07, 6.45) is 2.63. The van der Waals surface area contributed by atoms with Gasteiger partial charge >= 0.3 is 5.97 Å². The standard InChI is InChI=1S/C14H16O2/c1-8(10-6-7-10)11-4-3-5-12-9(2)14(15)16-13(11)12/h3-5,8-10H,6-7H2,1-2H3. The van der Waals surface area contributed by atoms with E-state index in [0.717, 1.165) is 17.2 Å². The van der Waals surface area contributed by atoms with E-state index < -0.39 is 0 Å². The van der Waals surface area contributed by atoms with Crippen LogP contribution in [0.4, 0.5) is 0 Å². The van der Waals surface area contributed by atoms with Crippen LogP contribution >= 0.6 is 0 Å². The highest BCUT2D eigenvalue weighted by Crippen LogP contribution is 2.48. The molecule has 0 saturated heterocycles. The van der Waals surface area contributed by atoms with Gasteiger partial charge in [0.1, 0.15) is 5.75 Å². The molecule has 84 valence electrons. The SMILES string of the molecule is CC1C(=O)Oc2c1cccc2C(C)C1CC1. The monoisotopic (exact) mass is 216 g/mol. The molecule has 1 saturated carbocycles. The molecule has 1 aromatic rings. The summed E-state index contributed by atoms with van der Waals surface area (Å²) in [6, 6.07) is 6.16. The van der Waals surface area contributed by atoms with Crippen molar-refractivity contribution in [2.45, 2.75) is 38.5 Å². The van der Waals surface area contributed by atoms with Crippen LogP contribution < -0.4 is 4.74 Å². The van der Waals surface area contributed by atoms with Gasteiger partial charge in [-0.2, -0.15) is 0 Å². The molecule has 2 aliphatic rings. The number of hydrogen-bond donors (Lipinski definition) is 0. The first kappa shape index (κ1) is 9.88. The number of ether oxygens (including phenoxy) is 1. The Morgan fingerprint density at radius 3 is 2.81 bits per heavy atom. The Labute approximate surface area is 95.6 Å². The van der Waals surface area contributed by atoms with E-state index in [2.05, 4.69) is 13.0 Å². The van der Waals surface area contributed by atoms with Crippen LogP contribution in [0.25, 0.3) is 0 Å². The Balaban J connectivity index is 2.04. The first-order valence-corrected chi connectivity index (χ1v) is 6.03. The van der Waals surface area contributed by atoms with Crippen molar-refractivity contribution in [2.75, 3.05) is 0 Å². The van der Waals surface area contributed by atoms with Gasteiger partial charge in [-0.1, -0.05) is 25.1 Å². The molecule has 1 heterocycles. The Bertz CT molecular complexity index is 446. The van der Waals surface area contributed by atoms with Gasteiger partial charge in [0.2, 0.25) is 0 Å². The quantitative estimate of drug-likeness (QED) is 0.560. The number of fused-ring (bicyclic) bond motifs is 1. The van der Waals surface area contributed by atoms with Crippen molar-refractivity contribution in [2.24, 2.45) is 5.92 Å². The summed E-state index contributed by atoms with van der Waals surface area (Å²) in [7, 11) is 0. The third-order valence-corrected chi connectivity index (χ3v) is 3.92. The lowest BCUT2D eigenvalue weighted by atomic mass is 9.91. The average Bonchev–Trinajstić information content (AvgIpc) is 3.07. The van der Waals surface area contributed by atoms with Crippen molar-refractivity contribution < 1.29 is 9.53 Å². The maximum Gasteiger partial charge on any atom is 0.318 e.